The van der Waals surface area contributed by atoms with Crippen LogP contribution in [0.15, 0.2) is 52.5 Å². The maximum Gasteiger partial charge on any atom is 0.271 e. The van der Waals surface area contributed by atoms with Gasteiger partial charge in [-0.05, 0) is 42.0 Å². The number of morpholine rings is 1. The van der Waals surface area contributed by atoms with Crippen molar-refractivity contribution in [2.75, 3.05) is 39.5 Å². The van der Waals surface area contributed by atoms with E-state index < -0.39 is 15.9 Å². The molecule has 2 heterocycles. The standard InChI is InChI=1S/C20H21N3O6S/c24-20(22-21-14-15-4-5-18-19(12-15)29-11-10-28-18)16-2-1-3-17(13-16)30(25,26)23-6-8-27-9-7-23/h1-5,12-14H,6-11H2,(H,22,24). The van der Waals surface area contributed by atoms with Crippen LogP contribution in [-0.2, 0) is 14.8 Å². The van der Waals surface area contributed by atoms with Crippen LogP contribution in [0.5, 0.6) is 11.5 Å². The number of nitrogens with one attached hydrogen (secondary N) is 1. The molecule has 0 unspecified atom stereocenters. The third-order valence-electron chi connectivity index (χ3n) is 4.65. The summed E-state index contributed by atoms with van der Waals surface area (Å²) in [5.74, 6) is 0.779. The van der Waals surface area contributed by atoms with Crippen LogP contribution >= 0.6 is 0 Å². The van der Waals surface area contributed by atoms with Crippen molar-refractivity contribution in [3.63, 3.8) is 0 Å². The van der Waals surface area contributed by atoms with Crippen molar-refractivity contribution in [3.8, 4) is 11.5 Å². The quantitative estimate of drug-likeness (QED) is 0.564. The zero-order chi connectivity index (χ0) is 21.0. The molecule has 30 heavy (non-hydrogen) atoms. The predicted octanol–water partition coefficient (Wildman–Crippen LogP) is 1.24. The monoisotopic (exact) mass is 431 g/mol. The molecule has 2 aliphatic heterocycles. The summed E-state index contributed by atoms with van der Waals surface area (Å²) in [6, 6.07) is 11.2. The summed E-state index contributed by atoms with van der Waals surface area (Å²) in [4.78, 5) is 12.5. The fraction of sp³-hybridized carbons (Fsp3) is 0.300. The van der Waals surface area contributed by atoms with Crippen LogP contribution < -0.4 is 14.9 Å². The van der Waals surface area contributed by atoms with Crippen molar-refractivity contribution in [3.05, 3.63) is 53.6 Å². The summed E-state index contributed by atoms with van der Waals surface area (Å²) in [5.41, 5.74) is 3.34. The van der Waals surface area contributed by atoms with Crippen molar-refractivity contribution in [1.82, 2.24) is 9.73 Å². The Kier molecular flexibility index (Phi) is 5.98. The first-order chi connectivity index (χ1) is 14.5. The Morgan fingerprint density at radius 2 is 1.77 bits per heavy atom. The van der Waals surface area contributed by atoms with E-state index in [1.807, 2.05) is 0 Å². The molecule has 2 aromatic carbocycles. The van der Waals surface area contributed by atoms with Crippen molar-refractivity contribution < 1.29 is 27.4 Å². The van der Waals surface area contributed by atoms with Crippen LogP contribution in [-0.4, -0.2) is 64.4 Å². The number of benzene rings is 2. The molecule has 1 amide bonds. The number of fused-ring (bicyclic) bond motifs is 1. The number of rotatable bonds is 5. The molecular formula is C20H21N3O6S. The first-order valence-electron chi connectivity index (χ1n) is 9.45. The van der Waals surface area contributed by atoms with Crippen molar-refractivity contribution >= 4 is 22.1 Å². The largest absolute Gasteiger partial charge is 0.486 e. The van der Waals surface area contributed by atoms with Gasteiger partial charge in [-0.25, -0.2) is 13.8 Å². The van der Waals surface area contributed by atoms with Gasteiger partial charge < -0.3 is 14.2 Å². The lowest BCUT2D eigenvalue weighted by Gasteiger charge is -2.26. The molecule has 1 fully saturated rings. The van der Waals surface area contributed by atoms with E-state index in [0.717, 1.165) is 5.56 Å². The fourth-order valence-corrected chi connectivity index (χ4v) is 4.56. The van der Waals surface area contributed by atoms with Gasteiger partial charge in [-0.1, -0.05) is 6.07 Å². The second-order valence-electron chi connectivity index (χ2n) is 6.65. The Bertz CT molecular complexity index is 1060. The minimum absolute atomic E-state index is 0.0628. The molecule has 0 aromatic heterocycles. The Morgan fingerprint density at radius 1 is 1.00 bits per heavy atom. The summed E-state index contributed by atoms with van der Waals surface area (Å²) in [7, 11) is -3.68. The first-order valence-corrected chi connectivity index (χ1v) is 10.9. The smallest absolute Gasteiger partial charge is 0.271 e. The Morgan fingerprint density at radius 3 is 2.57 bits per heavy atom. The predicted molar refractivity (Wildman–Crippen MR) is 109 cm³/mol. The van der Waals surface area contributed by atoms with Crippen LogP contribution in [0.1, 0.15) is 15.9 Å². The molecule has 0 spiro atoms. The number of nitrogens with zero attached hydrogens (tertiary/aromatic N) is 2. The van der Waals surface area contributed by atoms with Gasteiger partial charge in [-0.2, -0.15) is 9.41 Å². The molecule has 0 radical (unpaired) electrons. The molecule has 10 heteroatoms. The highest BCUT2D eigenvalue weighted by Gasteiger charge is 2.26. The normalized spacial score (nSPS) is 17.1. The summed E-state index contributed by atoms with van der Waals surface area (Å²) >= 11 is 0. The lowest BCUT2D eigenvalue weighted by molar-refractivity contribution is 0.0730. The van der Waals surface area contributed by atoms with Gasteiger partial charge in [0.1, 0.15) is 13.2 Å². The highest BCUT2D eigenvalue weighted by atomic mass is 32.2. The molecule has 1 saturated heterocycles. The van der Waals surface area contributed by atoms with E-state index in [1.54, 1.807) is 18.2 Å². The molecular weight excluding hydrogens is 410 g/mol. The van der Waals surface area contributed by atoms with E-state index >= 15 is 0 Å². The van der Waals surface area contributed by atoms with Gasteiger partial charge in [-0.3, -0.25) is 4.79 Å². The zero-order valence-corrected chi connectivity index (χ0v) is 16.9. The zero-order valence-electron chi connectivity index (χ0n) is 16.1. The van der Waals surface area contributed by atoms with Crippen LogP contribution in [0.3, 0.4) is 0 Å². The van der Waals surface area contributed by atoms with Crippen molar-refractivity contribution in [2.45, 2.75) is 4.90 Å². The van der Waals surface area contributed by atoms with E-state index in [4.69, 9.17) is 14.2 Å². The average Bonchev–Trinajstić information content (AvgIpc) is 2.79. The number of carbonyl (C=O) groups is 1. The van der Waals surface area contributed by atoms with Crippen LogP contribution in [0.2, 0.25) is 0 Å². The molecule has 0 atom stereocenters. The summed E-state index contributed by atoms with van der Waals surface area (Å²) in [6.45, 7) is 2.28. The van der Waals surface area contributed by atoms with Gasteiger partial charge in [0, 0.05) is 18.7 Å². The van der Waals surface area contributed by atoms with E-state index in [9.17, 15) is 13.2 Å². The maximum atomic E-state index is 12.8. The van der Waals surface area contributed by atoms with E-state index in [0.29, 0.717) is 51.0 Å². The number of hydrazone groups is 1. The Labute approximate surface area is 174 Å². The maximum absolute atomic E-state index is 12.8. The lowest BCUT2D eigenvalue weighted by Crippen LogP contribution is -2.40. The van der Waals surface area contributed by atoms with E-state index in [2.05, 4.69) is 10.5 Å². The van der Waals surface area contributed by atoms with Gasteiger partial charge in [0.25, 0.3) is 5.91 Å². The molecule has 0 saturated carbocycles. The SMILES string of the molecule is O=C(NN=Cc1ccc2c(c1)OCCO2)c1cccc(S(=O)(=O)N2CCOCC2)c1. The van der Waals surface area contributed by atoms with Crippen molar-refractivity contribution in [2.24, 2.45) is 5.10 Å². The van der Waals surface area contributed by atoms with Gasteiger partial charge in [-0.15, -0.1) is 0 Å². The van der Waals surface area contributed by atoms with Gasteiger partial charge in [0.2, 0.25) is 10.0 Å². The van der Waals surface area contributed by atoms with Gasteiger partial charge >= 0.3 is 0 Å². The Balaban J connectivity index is 1.44. The van der Waals surface area contributed by atoms with Gasteiger partial charge in [0.15, 0.2) is 11.5 Å². The van der Waals surface area contributed by atoms with E-state index in [-0.39, 0.29) is 10.5 Å². The van der Waals surface area contributed by atoms with E-state index in [1.165, 1.54) is 34.8 Å². The number of amides is 1. The number of ether oxygens (including phenoxy) is 3. The van der Waals surface area contributed by atoms with Gasteiger partial charge in [0.05, 0.1) is 24.3 Å². The molecule has 2 aromatic rings. The lowest BCUT2D eigenvalue weighted by atomic mass is 10.2. The topological polar surface area (TPSA) is 107 Å². The third-order valence-corrected chi connectivity index (χ3v) is 6.54. The second-order valence-corrected chi connectivity index (χ2v) is 8.58. The van der Waals surface area contributed by atoms with Crippen molar-refractivity contribution in [1.29, 1.82) is 0 Å². The molecule has 9 nitrogen and oxygen atoms in total. The molecule has 158 valence electrons. The first kappa shape index (κ1) is 20.3. The van der Waals surface area contributed by atoms with Crippen LogP contribution in [0.25, 0.3) is 0 Å². The Hall–Kier alpha value is -2.95. The number of hydrogen-bond acceptors (Lipinski definition) is 7. The highest BCUT2D eigenvalue weighted by molar-refractivity contribution is 7.89. The minimum Gasteiger partial charge on any atom is -0.486 e. The second kappa shape index (κ2) is 8.82. The van der Waals surface area contributed by atoms with Crippen LogP contribution in [0, 0.1) is 0 Å². The number of sulfonamides is 1. The fourth-order valence-electron chi connectivity index (χ4n) is 3.10. The molecule has 0 bridgehead atoms. The highest BCUT2D eigenvalue weighted by Crippen LogP contribution is 2.30. The number of carbonyl (C=O) groups excluding carboxylic acids is 1. The summed E-state index contributed by atoms with van der Waals surface area (Å²) in [6.07, 6.45) is 1.48. The molecule has 1 N–H and O–H groups in total. The average molecular weight is 431 g/mol. The summed E-state index contributed by atoms with van der Waals surface area (Å²) in [5, 5.41) is 3.95. The molecule has 0 aliphatic carbocycles. The minimum atomic E-state index is -3.68. The van der Waals surface area contributed by atoms with Crippen LogP contribution in [0.4, 0.5) is 0 Å². The molecule has 2 aliphatic rings. The molecule has 4 rings (SSSR count). The summed E-state index contributed by atoms with van der Waals surface area (Å²) < 4.78 is 43.1. The number of hydrogen-bond donors (Lipinski definition) is 1. The third kappa shape index (κ3) is 4.45.